The van der Waals surface area contributed by atoms with Crippen LogP contribution in [0, 0.1) is 0 Å². The number of unbranched alkanes of at least 4 members (excludes halogenated alkanes) is 5. The van der Waals surface area contributed by atoms with Gasteiger partial charge in [-0.3, -0.25) is 4.79 Å². The number of nitrogens with zero attached hydrogens (tertiary/aromatic N) is 1. The molecule has 1 aliphatic rings. The lowest BCUT2D eigenvalue weighted by atomic mass is 9.84. The zero-order valence-electron chi connectivity index (χ0n) is 16.7. The topological polar surface area (TPSA) is 41.5 Å². The molecule has 3 heteroatoms. The van der Waals surface area contributed by atoms with Gasteiger partial charge in [0.05, 0.1) is 5.71 Å². The van der Waals surface area contributed by atoms with Crippen LogP contribution in [0.5, 0.6) is 0 Å². The van der Waals surface area contributed by atoms with Crippen LogP contribution in [-0.2, 0) is 4.79 Å². The number of benzene rings is 1. The fraction of sp³-hybridized carbons (Fsp3) is 0.652. The Hall–Kier alpha value is -1.64. The van der Waals surface area contributed by atoms with Crippen LogP contribution < -0.4 is 5.43 Å². The van der Waals surface area contributed by atoms with Crippen LogP contribution in [-0.4, -0.2) is 11.6 Å². The zero-order valence-corrected chi connectivity index (χ0v) is 16.7. The highest BCUT2D eigenvalue weighted by Crippen LogP contribution is 2.32. The second kappa shape index (κ2) is 11.9. The van der Waals surface area contributed by atoms with Crippen molar-refractivity contribution in [3.8, 4) is 0 Å². The third kappa shape index (κ3) is 7.31. The number of carbonyl (C=O) groups is 1. The number of amides is 1. The van der Waals surface area contributed by atoms with E-state index in [0.29, 0.717) is 6.42 Å². The van der Waals surface area contributed by atoms with Gasteiger partial charge in [-0.05, 0) is 43.2 Å². The highest BCUT2D eigenvalue weighted by molar-refractivity contribution is 5.99. The smallest absolute Gasteiger partial charge is 0.240 e. The molecule has 1 saturated carbocycles. The van der Waals surface area contributed by atoms with E-state index in [1.54, 1.807) is 0 Å². The van der Waals surface area contributed by atoms with Gasteiger partial charge < -0.3 is 0 Å². The van der Waals surface area contributed by atoms with Gasteiger partial charge in [-0.15, -0.1) is 0 Å². The predicted octanol–water partition coefficient (Wildman–Crippen LogP) is 6.33. The summed E-state index contributed by atoms with van der Waals surface area (Å²) < 4.78 is 0. The van der Waals surface area contributed by atoms with Crippen LogP contribution in [0.15, 0.2) is 29.4 Å². The molecule has 0 radical (unpaired) electrons. The monoisotopic (exact) mass is 356 g/mol. The molecular formula is C23H36N2O. The molecule has 0 spiro atoms. The number of rotatable bonds is 10. The van der Waals surface area contributed by atoms with Gasteiger partial charge >= 0.3 is 0 Å². The molecule has 0 heterocycles. The van der Waals surface area contributed by atoms with E-state index in [2.05, 4.69) is 41.7 Å². The zero-order chi connectivity index (χ0) is 18.6. The van der Waals surface area contributed by atoms with E-state index in [0.717, 1.165) is 30.0 Å². The molecule has 0 saturated heterocycles. The average Bonchev–Trinajstić information content (AvgIpc) is 2.69. The van der Waals surface area contributed by atoms with Crippen LogP contribution in [0.2, 0.25) is 0 Å². The summed E-state index contributed by atoms with van der Waals surface area (Å²) in [6, 6.07) is 8.76. The summed E-state index contributed by atoms with van der Waals surface area (Å²) in [5.74, 6) is 0.755. The van der Waals surface area contributed by atoms with Crippen LogP contribution in [0.25, 0.3) is 0 Å². The minimum Gasteiger partial charge on any atom is -0.273 e. The van der Waals surface area contributed by atoms with Crippen molar-refractivity contribution in [2.24, 2.45) is 5.10 Å². The van der Waals surface area contributed by atoms with Gasteiger partial charge in [0.25, 0.3) is 0 Å². The maximum absolute atomic E-state index is 11.9. The predicted molar refractivity (Wildman–Crippen MR) is 111 cm³/mol. The van der Waals surface area contributed by atoms with E-state index in [4.69, 9.17) is 0 Å². The first-order chi connectivity index (χ1) is 12.7. The Morgan fingerprint density at radius 2 is 1.65 bits per heavy atom. The lowest BCUT2D eigenvalue weighted by Crippen LogP contribution is -2.18. The number of carbonyl (C=O) groups excluding carboxylic acids is 1. The third-order valence-corrected chi connectivity index (χ3v) is 5.51. The molecule has 0 unspecified atom stereocenters. The van der Waals surface area contributed by atoms with Crippen molar-refractivity contribution in [2.45, 2.75) is 96.8 Å². The molecule has 1 aliphatic carbocycles. The summed E-state index contributed by atoms with van der Waals surface area (Å²) in [7, 11) is 0. The minimum absolute atomic E-state index is 0.0265. The van der Waals surface area contributed by atoms with Gasteiger partial charge in [0.1, 0.15) is 0 Å². The van der Waals surface area contributed by atoms with Crippen molar-refractivity contribution in [1.82, 2.24) is 5.43 Å². The summed E-state index contributed by atoms with van der Waals surface area (Å²) in [6.45, 7) is 4.18. The number of hydrogen-bond acceptors (Lipinski definition) is 2. The summed E-state index contributed by atoms with van der Waals surface area (Å²) in [6.07, 6.45) is 14.5. The molecule has 2 rings (SSSR count). The van der Waals surface area contributed by atoms with Crippen molar-refractivity contribution in [3.05, 3.63) is 35.4 Å². The highest BCUT2D eigenvalue weighted by Gasteiger charge is 2.15. The van der Waals surface area contributed by atoms with Gasteiger partial charge in [0.2, 0.25) is 5.91 Å². The fourth-order valence-electron chi connectivity index (χ4n) is 3.76. The SMILES string of the molecule is CCCCCCCCC(=O)NN=C(C)c1ccc(C2CCCCC2)cc1. The van der Waals surface area contributed by atoms with Gasteiger partial charge in [-0.2, -0.15) is 5.10 Å². The van der Waals surface area contributed by atoms with E-state index >= 15 is 0 Å². The maximum atomic E-state index is 11.9. The molecule has 0 aromatic heterocycles. The van der Waals surface area contributed by atoms with E-state index in [-0.39, 0.29) is 5.91 Å². The van der Waals surface area contributed by atoms with Crippen LogP contribution >= 0.6 is 0 Å². The van der Waals surface area contributed by atoms with Crippen molar-refractivity contribution in [2.75, 3.05) is 0 Å². The third-order valence-electron chi connectivity index (χ3n) is 5.51. The van der Waals surface area contributed by atoms with E-state index in [1.165, 1.54) is 63.4 Å². The van der Waals surface area contributed by atoms with E-state index in [1.807, 2.05) is 6.92 Å². The van der Waals surface area contributed by atoms with E-state index < -0.39 is 0 Å². The Balaban J connectivity index is 1.73. The second-order valence-electron chi connectivity index (χ2n) is 7.71. The van der Waals surface area contributed by atoms with Crippen LogP contribution in [0.4, 0.5) is 0 Å². The fourth-order valence-corrected chi connectivity index (χ4v) is 3.76. The van der Waals surface area contributed by atoms with Crippen molar-refractivity contribution in [3.63, 3.8) is 0 Å². The van der Waals surface area contributed by atoms with Crippen LogP contribution in [0.3, 0.4) is 0 Å². The Bertz CT molecular complexity index is 556. The van der Waals surface area contributed by atoms with Crippen molar-refractivity contribution in [1.29, 1.82) is 0 Å². The molecule has 144 valence electrons. The second-order valence-corrected chi connectivity index (χ2v) is 7.71. The molecule has 1 aromatic carbocycles. The molecule has 1 fully saturated rings. The first kappa shape index (κ1) is 20.7. The standard InChI is InChI=1S/C23H36N2O/c1-3-4-5-6-7-11-14-23(26)25-24-19(2)20-15-17-22(18-16-20)21-12-9-8-10-13-21/h15-18,21H,3-14H2,1-2H3,(H,25,26). The molecular weight excluding hydrogens is 320 g/mol. The normalized spacial score (nSPS) is 15.8. The molecule has 1 amide bonds. The first-order valence-electron chi connectivity index (χ1n) is 10.6. The summed E-state index contributed by atoms with van der Waals surface area (Å²) in [5, 5.41) is 4.28. The minimum atomic E-state index is 0.0265. The summed E-state index contributed by atoms with van der Waals surface area (Å²) in [5.41, 5.74) is 6.12. The van der Waals surface area contributed by atoms with E-state index in [9.17, 15) is 4.79 Å². The molecule has 1 aromatic rings. The summed E-state index contributed by atoms with van der Waals surface area (Å²) >= 11 is 0. The number of nitrogens with one attached hydrogen (secondary N) is 1. The van der Waals surface area contributed by atoms with Gasteiger partial charge in [0.15, 0.2) is 0 Å². The van der Waals surface area contributed by atoms with Gasteiger partial charge in [-0.25, -0.2) is 5.43 Å². The quantitative estimate of drug-likeness (QED) is 0.297. The Labute approximate surface area is 159 Å². The number of hydrogen-bond donors (Lipinski definition) is 1. The molecule has 0 atom stereocenters. The molecule has 0 bridgehead atoms. The van der Waals surface area contributed by atoms with Crippen molar-refractivity contribution < 1.29 is 4.79 Å². The van der Waals surface area contributed by atoms with Crippen molar-refractivity contribution >= 4 is 11.6 Å². The molecule has 0 aliphatic heterocycles. The highest BCUT2D eigenvalue weighted by atomic mass is 16.2. The lowest BCUT2D eigenvalue weighted by molar-refractivity contribution is -0.121. The summed E-state index contributed by atoms with van der Waals surface area (Å²) in [4.78, 5) is 11.9. The van der Waals surface area contributed by atoms with Gasteiger partial charge in [-0.1, -0.05) is 82.6 Å². The largest absolute Gasteiger partial charge is 0.273 e. The first-order valence-corrected chi connectivity index (χ1v) is 10.6. The number of hydrazone groups is 1. The van der Waals surface area contributed by atoms with Gasteiger partial charge in [0, 0.05) is 6.42 Å². The molecule has 3 nitrogen and oxygen atoms in total. The molecule has 1 N–H and O–H groups in total. The average molecular weight is 357 g/mol. The lowest BCUT2D eigenvalue weighted by Gasteiger charge is -2.22. The molecule has 26 heavy (non-hydrogen) atoms. The Morgan fingerprint density at radius 1 is 1.00 bits per heavy atom. The Kier molecular flexibility index (Phi) is 9.44. The Morgan fingerprint density at radius 3 is 2.35 bits per heavy atom. The van der Waals surface area contributed by atoms with Crippen LogP contribution in [0.1, 0.15) is 108 Å². The maximum Gasteiger partial charge on any atom is 0.240 e.